The maximum atomic E-state index is 2.35. The molecule has 0 aliphatic carbocycles. The van der Waals surface area contributed by atoms with Crippen LogP contribution in [0.5, 0.6) is 0 Å². The summed E-state index contributed by atoms with van der Waals surface area (Å²) in [5.41, 5.74) is 8.27. The van der Waals surface area contributed by atoms with Crippen molar-refractivity contribution in [3.63, 3.8) is 0 Å². The number of fused-ring (bicyclic) bond motifs is 7. The molecule has 8 aromatic carbocycles. The van der Waals surface area contributed by atoms with E-state index >= 15 is 0 Å². The van der Waals surface area contributed by atoms with Crippen LogP contribution in [0.25, 0.3) is 64.0 Å². The Morgan fingerprint density at radius 3 is 1.74 bits per heavy atom. The molecular weight excluding hydrogens is 575 g/mol. The molecular formula is C44H29NS. The van der Waals surface area contributed by atoms with Crippen molar-refractivity contribution < 1.29 is 0 Å². The smallest absolute Gasteiger partial charge is 0.0468 e. The first-order valence-electron chi connectivity index (χ1n) is 15.7. The zero-order valence-corrected chi connectivity index (χ0v) is 25.9. The molecule has 0 aliphatic rings. The predicted molar refractivity (Wildman–Crippen MR) is 200 cm³/mol. The molecule has 0 radical (unpaired) electrons. The van der Waals surface area contributed by atoms with Crippen LogP contribution in [-0.4, -0.2) is 0 Å². The first-order chi connectivity index (χ1) is 22.8. The second kappa shape index (κ2) is 11.0. The van der Waals surface area contributed by atoms with E-state index in [0.29, 0.717) is 0 Å². The minimum absolute atomic E-state index is 1.13. The Bertz CT molecular complexity index is 2510. The van der Waals surface area contributed by atoms with Gasteiger partial charge in [-0.25, -0.2) is 0 Å². The van der Waals surface area contributed by atoms with Crippen LogP contribution in [0.2, 0.25) is 0 Å². The van der Waals surface area contributed by atoms with Crippen LogP contribution in [0.3, 0.4) is 0 Å². The Labute approximate surface area is 272 Å². The van der Waals surface area contributed by atoms with Crippen LogP contribution in [0.4, 0.5) is 17.1 Å². The number of hydrogen-bond acceptors (Lipinski definition) is 2. The maximum Gasteiger partial charge on any atom is 0.0468 e. The van der Waals surface area contributed by atoms with Crippen molar-refractivity contribution >= 4 is 70.1 Å². The zero-order valence-electron chi connectivity index (χ0n) is 25.1. The number of nitrogens with zero attached hydrogens (tertiary/aromatic N) is 1. The molecule has 0 aliphatic heterocycles. The molecule has 9 aromatic rings. The summed E-state index contributed by atoms with van der Waals surface area (Å²) < 4.78 is 2.70. The van der Waals surface area contributed by atoms with E-state index in [4.69, 9.17) is 0 Å². The summed E-state index contributed by atoms with van der Waals surface area (Å²) in [6, 6.07) is 63.8. The second-order valence-corrected chi connectivity index (χ2v) is 12.8. The van der Waals surface area contributed by atoms with E-state index in [1.54, 1.807) is 0 Å². The van der Waals surface area contributed by atoms with Crippen LogP contribution in [0.1, 0.15) is 0 Å². The maximum absolute atomic E-state index is 2.35. The molecule has 0 N–H and O–H groups in total. The van der Waals surface area contributed by atoms with Crippen molar-refractivity contribution in [2.24, 2.45) is 0 Å². The van der Waals surface area contributed by atoms with Crippen molar-refractivity contribution in [1.29, 1.82) is 0 Å². The lowest BCUT2D eigenvalue weighted by Crippen LogP contribution is -2.09. The molecule has 0 amide bonds. The Morgan fingerprint density at radius 2 is 0.935 bits per heavy atom. The van der Waals surface area contributed by atoms with Gasteiger partial charge >= 0.3 is 0 Å². The number of thiophene rings is 1. The minimum Gasteiger partial charge on any atom is -0.310 e. The van der Waals surface area contributed by atoms with Gasteiger partial charge in [0.15, 0.2) is 0 Å². The third-order valence-electron chi connectivity index (χ3n) is 9.03. The van der Waals surface area contributed by atoms with Crippen LogP contribution < -0.4 is 4.90 Å². The zero-order chi connectivity index (χ0) is 30.5. The molecule has 9 rings (SSSR count). The Hall–Kier alpha value is -5.70. The van der Waals surface area contributed by atoms with Gasteiger partial charge in [-0.1, -0.05) is 127 Å². The van der Waals surface area contributed by atoms with Crippen molar-refractivity contribution in [1.82, 2.24) is 0 Å². The molecule has 216 valence electrons. The highest BCUT2D eigenvalue weighted by atomic mass is 32.1. The van der Waals surface area contributed by atoms with Gasteiger partial charge in [0.05, 0.1) is 0 Å². The van der Waals surface area contributed by atoms with Crippen molar-refractivity contribution in [3.8, 4) is 22.3 Å². The van der Waals surface area contributed by atoms with E-state index in [0.717, 1.165) is 17.1 Å². The standard InChI is InChI=1S/C44H29NS/c1-3-10-30(11-4-1)33-12-9-13-34(28-33)31-20-23-37(24-21-31)45(36-14-5-2-6-15-36)38-25-27-39-35(29-38)19-18-32-22-26-41-40-16-7-8-17-42(40)46-44(41)43(32)39/h1-29H. The Balaban J connectivity index is 1.15. The molecule has 1 aromatic heterocycles. The van der Waals surface area contributed by atoms with Crippen LogP contribution in [0, 0.1) is 0 Å². The topological polar surface area (TPSA) is 3.24 Å². The summed E-state index contributed by atoms with van der Waals surface area (Å²) in [5, 5.41) is 7.83. The Kier molecular flexibility index (Phi) is 6.40. The van der Waals surface area contributed by atoms with Crippen molar-refractivity contribution in [2.45, 2.75) is 0 Å². The fraction of sp³-hybridized carbons (Fsp3) is 0. The third-order valence-corrected chi connectivity index (χ3v) is 10.2. The predicted octanol–water partition coefficient (Wildman–Crippen LogP) is 13.2. The van der Waals surface area contributed by atoms with E-state index in [-0.39, 0.29) is 0 Å². The summed E-state index contributed by atoms with van der Waals surface area (Å²) >= 11 is 1.90. The van der Waals surface area contributed by atoms with Crippen LogP contribution in [0.15, 0.2) is 176 Å². The van der Waals surface area contributed by atoms with E-state index < -0.39 is 0 Å². The highest BCUT2D eigenvalue weighted by Gasteiger charge is 2.16. The summed E-state index contributed by atoms with van der Waals surface area (Å²) in [6.07, 6.45) is 0. The van der Waals surface area contributed by atoms with E-state index in [9.17, 15) is 0 Å². The minimum atomic E-state index is 1.13. The fourth-order valence-electron chi connectivity index (χ4n) is 6.79. The lowest BCUT2D eigenvalue weighted by Gasteiger charge is -2.26. The van der Waals surface area contributed by atoms with Crippen molar-refractivity contribution in [3.05, 3.63) is 176 Å². The number of para-hydroxylation sites is 1. The third kappa shape index (κ3) is 4.54. The first kappa shape index (κ1) is 26.7. The van der Waals surface area contributed by atoms with Crippen molar-refractivity contribution in [2.75, 3.05) is 4.90 Å². The van der Waals surface area contributed by atoms with Gasteiger partial charge in [-0.2, -0.15) is 0 Å². The Morgan fingerprint density at radius 1 is 0.348 bits per heavy atom. The number of anilines is 3. The quantitative estimate of drug-likeness (QED) is 0.177. The molecule has 1 nitrogen and oxygen atoms in total. The molecule has 0 fully saturated rings. The van der Waals surface area contributed by atoms with Gasteiger partial charge in [0.25, 0.3) is 0 Å². The SMILES string of the molecule is c1ccc(-c2cccc(-c3ccc(N(c4ccccc4)c4ccc5c(ccc6ccc7c8ccccc8sc7c65)c4)cc3)c2)cc1. The fourth-order valence-corrected chi connectivity index (χ4v) is 8.06. The molecule has 0 saturated carbocycles. The van der Waals surface area contributed by atoms with Crippen LogP contribution >= 0.6 is 11.3 Å². The largest absolute Gasteiger partial charge is 0.310 e. The number of benzene rings is 8. The molecule has 1 heterocycles. The van der Waals surface area contributed by atoms with Gasteiger partial charge in [0, 0.05) is 42.6 Å². The molecule has 0 atom stereocenters. The highest BCUT2D eigenvalue weighted by molar-refractivity contribution is 7.26. The molecule has 46 heavy (non-hydrogen) atoms. The summed E-state index contributed by atoms with van der Waals surface area (Å²) in [6.45, 7) is 0. The second-order valence-electron chi connectivity index (χ2n) is 11.8. The number of hydrogen-bond donors (Lipinski definition) is 0. The van der Waals surface area contributed by atoms with Gasteiger partial charge in [-0.15, -0.1) is 11.3 Å². The first-order valence-corrected chi connectivity index (χ1v) is 16.5. The summed E-state index contributed by atoms with van der Waals surface area (Å²) in [5.74, 6) is 0. The van der Waals surface area contributed by atoms with E-state index in [2.05, 4.69) is 181 Å². The molecule has 0 bridgehead atoms. The summed E-state index contributed by atoms with van der Waals surface area (Å²) in [4.78, 5) is 2.35. The molecule has 2 heteroatoms. The molecule has 0 spiro atoms. The molecule has 0 unspecified atom stereocenters. The average Bonchev–Trinajstić information content (AvgIpc) is 3.52. The normalized spacial score (nSPS) is 11.5. The lowest BCUT2D eigenvalue weighted by atomic mass is 9.98. The average molecular weight is 604 g/mol. The van der Waals surface area contributed by atoms with E-state index in [1.165, 1.54) is 64.0 Å². The van der Waals surface area contributed by atoms with Gasteiger partial charge in [0.1, 0.15) is 0 Å². The lowest BCUT2D eigenvalue weighted by molar-refractivity contribution is 1.29. The highest BCUT2D eigenvalue weighted by Crippen LogP contribution is 2.43. The van der Waals surface area contributed by atoms with Crippen LogP contribution in [-0.2, 0) is 0 Å². The van der Waals surface area contributed by atoms with Gasteiger partial charge in [-0.05, 0) is 86.9 Å². The van der Waals surface area contributed by atoms with Gasteiger partial charge in [0.2, 0.25) is 0 Å². The van der Waals surface area contributed by atoms with Gasteiger partial charge < -0.3 is 4.90 Å². The summed E-state index contributed by atoms with van der Waals surface area (Å²) in [7, 11) is 0. The van der Waals surface area contributed by atoms with Gasteiger partial charge in [-0.3, -0.25) is 0 Å². The molecule has 0 saturated heterocycles. The van der Waals surface area contributed by atoms with E-state index in [1.807, 2.05) is 11.3 Å². The number of rotatable bonds is 5. The monoisotopic (exact) mass is 603 g/mol.